The number of benzene rings is 2. The topological polar surface area (TPSA) is 38.3 Å². The molecule has 1 heterocycles. The van der Waals surface area contributed by atoms with Gasteiger partial charge in [0.2, 0.25) is 0 Å². The zero-order valence-corrected chi connectivity index (χ0v) is 15.4. The average molecular weight is 392 g/mol. The van der Waals surface area contributed by atoms with Gasteiger partial charge in [0, 0.05) is 4.88 Å². The van der Waals surface area contributed by atoms with Gasteiger partial charge < -0.3 is 10.1 Å². The number of carbonyl (C=O) groups excluding carboxylic acids is 1. The molecular formula is C19H15Cl2NO2S. The first-order chi connectivity index (χ1) is 12.1. The van der Waals surface area contributed by atoms with Gasteiger partial charge in [-0.1, -0.05) is 65.7 Å². The van der Waals surface area contributed by atoms with Gasteiger partial charge in [0.15, 0.2) is 12.4 Å². The summed E-state index contributed by atoms with van der Waals surface area (Å²) in [7, 11) is 0. The average Bonchev–Trinajstić information content (AvgIpc) is 3.14. The van der Waals surface area contributed by atoms with Crippen molar-refractivity contribution < 1.29 is 9.53 Å². The van der Waals surface area contributed by atoms with Gasteiger partial charge in [0.1, 0.15) is 0 Å². The number of hydrogen-bond acceptors (Lipinski definition) is 3. The summed E-state index contributed by atoms with van der Waals surface area (Å²) >= 11 is 13.7. The van der Waals surface area contributed by atoms with Crippen LogP contribution in [0.3, 0.4) is 0 Å². The summed E-state index contributed by atoms with van der Waals surface area (Å²) in [4.78, 5) is 13.5. The van der Waals surface area contributed by atoms with Crippen molar-refractivity contribution in [3.63, 3.8) is 0 Å². The van der Waals surface area contributed by atoms with E-state index in [0.29, 0.717) is 15.8 Å². The summed E-state index contributed by atoms with van der Waals surface area (Å²) in [6.45, 7) is -0.168. The molecule has 6 heteroatoms. The summed E-state index contributed by atoms with van der Waals surface area (Å²) in [5.74, 6) is 0.0617. The number of halogens is 2. The van der Waals surface area contributed by atoms with Crippen LogP contribution in [-0.4, -0.2) is 12.5 Å². The van der Waals surface area contributed by atoms with Gasteiger partial charge in [-0.3, -0.25) is 4.79 Å². The van der Waals surface area contributed by atoms with E-state index in [1.54, 1.807) is 29.5 Å². The van der Waals surface area contributed by atoms with Crippen LogP contribution < -0.4 is 10.1 Å². The third-order valence-corrected chi connectivity index (χ3v) is 5.06. The Kier molecular flexibility index (Phi) is 5.97. The standard InChI is InChI=1S/C19H15Cl2NO2S/c20-14-8-4-9-15(21)19(14)24-12-17(23)22-18(16-10-5-11-25-16)13-6-2-1-3-7-13/h1-11,18H,12H2,(H,22,23). The molecule has 0 aliphatic rings. The van der Waals surface area contributed by atoms with Gasteiger partial charge in [-0.2, -0.15) is 0 Å². The number of carbonyl (C=O) groups is 1. The fraction of sp³-hybridized carbons (Fsp3) is 0.105. The van der Waals surface area contributed by atoms with Crippen LogP contribution >= 0.6 is 34.5 Å². The van der Waals surface area contributed by atoms with Crippen molar-refractivity contribution in [2.24, 2.45) is 0 Å². The van der Waals surface area contributed by atoms with E-state index in [9.17, 15) is 4.79 Å². The highest BCUT2D eigenvalue weighted by Gasteiger charge is 2.18. The van der Waals surface area contributed by atoms with Crippen molar-refractivity contribution in [3.8, 4) is 5.75 Å². The Bertz CT molecular complexity index is 818. The van der Waals surface area contributed by atoms with E-state index in [1.165, 1.54) is 0 Å². The molecule has 25 heavy (non-hydrogen) atoms. The Labute approximate surface area is 160 Å². The summed E-state index contributed by atoms with van der Waals surface area (Å²) in [5.41, 5.74) is 1.01. The maximum Gasteiger partial charge on any atom is 0.258 e. The second-order valence-corrected chi connectivity index (χ2v) is 7.06. The molecule has 1 N–H and O–H groups in total. The summed E-state index contributed by atoms with van der Waals surface area (Å²) < 4.78 is 5.51. The normalized spacial score (nSPS) is 11.8. The summed E-state index contributed by atoms with van der Waals surface area (Å²) in [6.07, 6.45) is 0. The van der Waals surface area contributed by atoms with Crippen molar-refractivity contribution in [1.82, 2.24) is 5.32 Å². The van der Waals surface area contributed by atoms with Crippen LogP contribution in [0.5, 0.6) is 5.75 Å². The predicted octanol–water partition coefficient (Wildman–Crippen LogP) is 5.34. The highest BCUT2D eigenvalue weighted by molar-refractivity contribution is 7.10. The Morgan fingerprint density at radius 3 is 2.36 bits per heavy atom. The lowest BCUT2D eigenvalue weighted by Crippen LogP contribution is -2.33. The molecule has 0 aliphatic carbocycles. The minimum atomic E-state index is -0.252. The molecule has 0 bridgehead atoms. The number of thiophene rings is 1. The van der Waals surface area contributed by atoms with Crippen molar-refractivity contribution in [3.05, 3.63) is 86.5 Å². The molecule has 2 aromatic carbocycles. The number of rotatable bonds is 6. The van der Waals surface area contributed by atoms with E-state index in [-0.39, 0.29) is 18.6 Å². The third-order valence-electron chi connectivity index (χ3n) is 3.53. The van der Waals surface area contributed by atoms with Crippen LogP contribution in [0.4, 0.5) is 0 Å². The molecule has 0 aliphatic heterocycles. The lowest BCUT2D eigenvalue weighted by Gasteiger charge is -2.18. The van der Waals surface area contributed by atoms with Crippen LogP contribution in [0, 0.1) is 0 Å². The fourth-order valence-corrected chi connectivity index (χ4v) is 3.69. The zero-order chi connectivity index (χ0) is 17.6. The molecule has 0 spiro atoms. The van der Waals surface area contributed by atoms with Crippen LogP contribution in [0.15, 0.2) is 66.0 Å². The Hall–Kier alpha value is -2.01. The van der Waals surface area contributed by atoms with Gasteiger partial charge in [-0.25, -0.2) is 0 Å². The molecule has 3 rings (SSSR count). The molecule has 1 atom stereocenters. The first-order valence-corrected chi connectivity index (χ1v) is 9.23. The molecule has 128 valence electrons. The highest BCUT2D eigenvalue weighted by Crippen LogP contribution is 2.32. The number of hydrogen-bond donors (Lipinski definition) is 1. The smallest absolute Gasteiger partial charge is 0.258 e. The van der Waals surface area contributed by atoms with Crippen molar-refractivity contribution in [2.75, 3.05) is 6.61 Å². The third kappa shape index (κ3) is 4.54. The Balaban J connectivity index is 1.71. The lowest BCUT2D eigenvalue weighted by atomic mass is 10.1. The minimum Gasteiger partial charge on any atom is -0.481 e. The fourth-order valence-electron chi connectivity index (χ4n) is 2.38. The number of amides is 1. The summed E-state index contributed by atoms with van der Waals surface area (Å²) in [5, 5.41) is 5.74. The minimum absolute atomic E-state index is 0.168. The number of nitrogens with one attached hydrogen (secondary N) is 1. The molecule has 3 nitrogen and oxygen atoms in total. The Morgan fingerprint density at radius 1 is 1.00 bits per heavy atom. The van der Waals surface area contributed by atoms with E-state index < -0.39 is 0 Å². The van der Waals surface area contributed by atoms with Gasteiger partial charge in [-0.05, 0) is 29.1 Å². The van der Waals surface area contributed by atoms with Gasteiger partial charge in [0.05, 0.1) is 16.1 Å². The van der Waals surface area contributed by atoms with Gasteiger partial charge in [0.25, 0.3) is 5.91 Å². The van der Waals surface area contributed by atoms with E-state index >= 15 is 0 Å². The highest BCUT2D eigenvalue weighted by atomic mass is 35.5. The maximum atomic E-state index is 12.4. The molecule has 0 fully saturated rings. The quantitative estimate of drug-likeness (QED) is 0.615. The van der Waals surface area contributed by atoms with Gasteiger partial charge >= 0.3 is 0 Å². The second kappa shape index (κ2) is 8.39. The first kappa shape index (κ1) is 17.8. The Morgan fingerprint density at radius 2 is 1.72 bits per heavy atom. The van der Waals surface area contributed by atoms with Gasteiger partial charge in [-0.15, -0.1) is 11.3 Å². The maximum absolute atomic E-state index is 12.4. The van der Waals surface area contributed by atoms with E-state index in [0.717, 1.165) is 10.4 Å². The van der Waals surface area contributed by atoms with Crippen molar-refractivity contribution in [2.45, 2.75) is 6.04 Å². The van der Waals surface area contributed by atoms with E-state index in [1.807, 2.05) is 47.8 Å². The predicted molar refractivity (Wildman–Crippen MR) is 103 cm³/mol. The number of ether oxygens (including phenoxy) is 1. The largest absolute Gasteiger partial charge is 0.481 e. The van der Waals surface area contributed by atoms with Crippen LogP contribution in [0.2, 0.25) is 10.0 Å². The molecular weight excluding hydrogens is 377 g/mol. The molecule has 0 saturated heterocycles. The van der Waals surface area contributed by atoms with Crippen molar-refractivity contribution in [1.29, 1.82) is 0 Å². The molecule has 0 radical (unpaired) electrons. The van der Waals surface area contributed by atoms with E-state index in [2.05, 4.69) is 5.32 Å². The first-order valence-electron chi connectivity index (χ1n) is 7.59. The molecule has 1 unspecified atom stereocenters. The molecule has 3 aromatic rings. The lowest BCUT2D eigenvalue weighted by molar-refractivity contribution is -0.123. The van der Waals surface area contributed by atoms with Crippen LogP contribution in [-0.2, 0) is 4.79 Å². The van der Waals surface area contributed by atoms with Crippen LogP contribution in [0.25, 0.3) is 0 Å². The monoisotopic (exact) mass is 391 g/mol. The van der Waals surface area contributed by atoms with Crippen molar-refractivity contribution >= 4 is 40.4 Å². The summed E-state index contributed by atoms with van der Waals surface area (Å²) in [6, 6.07) is 18.6. The number of para-hydroxylation sites is 1. The van der Waals surface area contributed by atoms with E-state index in [4.69, 9.17) is 27.9 Å². The van der Waals surface area contributed by atoms with Crippen LogP contribution in [0.1, 0.15) is 16.5 Å². The second-order valence-electron chi connectivity index (χ2n) is 5.27. The molecule has 0 saturated carbocycles. The SMILES string of the molecule is O=C(COc1c(Cl)cccc1Cl)NC(c1ccccc1)c1cccs1. The zero-order valence-electron chi connectivity index (χ0n) is 13.1. The molecule has 1 aromatic heterocycles. The molecule has 1 amide bonds.